The smallest absolute Gasteiger partial charge is 0.323 e. The third-order valence-electron chi connectivity index (χ3n) is 4.86. The molecule has 0 unspecified atom stereocenters. The first-order valence-electron chi connectivity index (χ1n) is 9.94. The molecule has 0 saturated carbocycles. The van der Waals surface area contributed by atoms with Crippen molar-refractivity contribution in [2.75, 3.05) is 10.6 Å². The van der Waals surface area contributed by atoms with Crippen LogP contribution in [0.3, 0.4) is 0 Å². The fourth-order valence-corrected chi connectivity index (χ4v) is 3.26. The summed E-state index contributed by atoms with van der Waals surface area (Å²) in [6, 6.07) is 23.5. The Balaban J connectivity index is 1.32. The summed E-state index contributed by atoms with van der Waals surface area (Å²) >= 11 is 0. The molecule has 0 radical (unpaired) electrons. The lowest BCUT2D eigenvalue weighted by Gasteiger charge is -2.15. The summed E-state index contributed by atoms with van der Waals surface area (Å²) in [5, 5.41) is 13.4. The predicted octanol–water partition coefficient (Wildman–Crippen LogP) is 4.89. The van der Waals surface area contributed by atoms with Crippen LogP contribution in [0.1, 0.15) is 24.2 Å². The number of aromatic nitrogens is 1. The second-order valence-electron chi connectivity index (χ2n) is 7.16. The highest BCUT2D eigenvalue weighted by Crippen LogP contribution is 2.20. The van der Waals surface area contributed by atoms with E-state index in [1.807, 2.05) is 73.7 Å². The van der Waals surface area contributed by atoms with Gasteiger partial charge in [-0.2, -0.15) is 0 Å². The van der Waals surface area contributed by atoms with E-state index in [1.165, 1.54) is 0 Å². The number of fused-ring (bicyclic) bond motifs is 1. The van der Waals surface area contributed by atoms with E-state index in [0.717, 1.165) is 10.9 Å². The first kappa shape index (κ1) is 20.2. The van der Waals surface area contributed by atoms with Gasteiger partial charge in [-0.1, -0.05) is 47.6 Å². The molecule has 7 heteroatoms. The number of nitrogens with one attached hydrogen (secondary N) is 3. The number of para-hydroxylation sites is 2. The number of hydrogen-bond acceptors (Lipinski definition) is 4. The Morgan fingerprint density at radius 2 is 1.52 bits per heavy atom. The van der Waals surface area contributed by atoms with Gasteiger partial charge in [-0.25, -0.2) is 4.79 Å². The van der Waals surface area contributed by atoms with E-state index in [9.17, 15) is 9.59 Å². The Morgan fingerprint density at radius 3 is 2.26 bits per heavy atom. The van der Waals surface area contributed by atoms with Gasteiger partial charge in [-0.05, 0) is 48.9 Å². The van der Waals surface area contributed by atoms with Gasteiger partial charge in [0.05, 0.1) is 12.5 Å². The molecule has 0 saturated heterocycles. The molecule has 1 atom stereocenters. The van der Waals surface area contributed by atoms with Crippen LogP contribution in [0, 0.1) is 0 Å². The van der Waals surface area contributed by atoms with Crippen molar-refractivity contribution in [1.82, 2.24) is 10.5 Å². The molecule has 0 aliphatic rings. The SMILES string of the molecule is C[C@H](NC(=O)Cc1noc2ccccc12)c1ccc(NC(=O)Nc2ccccc2)cc1. The minimum atomic E-state index is -0.319. The van der Waals surface area contributed by atoms with Gasteiger partial charge in [0.25, 0.3) is 0 Å². The fraction of sp³-hybridized carbons (Fsp3) is 0.125. The summed E-state index contributed by atoms with van der Waals surface area (Å²) in [6.07, 6.45) is 0.140. The lowest BCUT2D eigenvalue weighted by molar-refractivity contribution is -0.121. The van der Waals surface area contributed by atoms with Crippen molar-refractivity contribution in [2.24, 2.45) is 0 Å². The molecular formula is C24H22N4O3. The van der Waals surface area contributed by atoms with E-state index >= 15 is 0 Å². The summed E-state index contributed by atoms with van der Waals surface area (Å²) in [7, 11) is 0. The highest BCUT2D eigenvalue weighted by atomic mass is 16.5. The van der Waals surface area contributed by atoms with Crippen LogP contribution in [0.5, 0.6) is 0 Å². The zero-order valence-electron chi connectivity index (χ0n) is 17.0. The molecule has 4 rings (SSSR count). The Hall–Kier alpha value is -4.13. The minimum absolute atomic E-state index is 0.140. The summed E-state index contributed by atoms with van der Waals surface area (Å²) in [4.78, 5) is 24.6. The molecule has 3 N–H and O–H groups in total. The van der Waals surface area contributed by atoms with Crippen molar-refractivity contribution in [1.29, 1.82) is 0 Å². The van der Waals surface area contributed by atoms with Crippen LogP contribution in [-0.2, 0) is 11.2 Å². The van der Waals surface area contributed by atoms with E-state index in [1.54, 1.807) is 12.1 Å². The Morgan fingerprint density at radius 1 is 0.871 bits per heavy atom. The van der Waals surface area contributed by atoms with E-state index in [0.29, 0.717) is 22.7 Å². The molecule has 31 heavy (non-hydrogen) atoms. The first-order chi connectivity index (χ1) is 15.1. The Bertz CT molecular complexity index is 1190. The van der Waals surface area contributed by atoms with Crippen LogP contribution in [0.4, 0.5) is 16.2 Å². The number of urea groups is 1. The zero-order valence-corrected chi connectivity index (χ0v) is 17.0. The van der Waals surface area contributed by atoms with Crippen molar-refractivity contribution in [3.63, 3.8) is 0 Å². The maximum atomic E-state index is 12.5. The van der Waals surface area contributed by atoms with Gasteiger partial charge in [0.15, 0.2) is 5.58 Å². The van der Waals surface area contributed by atoms with Gasteiger partial charge in [-0.15, -0.1) is 0 Å². The van der Waals surface area contributed by atoms with Gasteiger partial charge >= 0.3 is 6.03 Å². The molecule has 3 aromatic carbocycles. The molecule has 0 spiro atoms. The number of anilines is 2. The third kappa shape index (κ3) is 5.08. The van der Waals surface area contributed by atoms with Crippen LogP contribution in [-0.4, -0.2) is 17.1 Å². The zero-order chi connectivity index (χ0) is 21.6. The molecule has 4 aromatic rings. The molecule has 1 heterocycles. The molecule has 7 nitrogen and oxygen atoms in total. The number of nitrogens with zero attached hydrogens (tertiary/aromatic N) is 1. The summed E-state index contributed by atoms with van der Waals surface area (Å²) < 4.78 is 5.25. The number of carbonyl (C=O) groups is 2. The predicted molar refractivity (Wildman–Crippen MR) is 120 cm³/mol. The molecule has 0 fully saturated rings. The van der Waals surface area contributed by atoms with E-state index in [2.05, 4.69) is 21.1 Å². The number of rotatable bonds is 6. The second kappa shape index (κ2) is 9.13. The molecule has 0 bridgehead atoms. The van der Waals surface area contributed by atoms with Crippen molar-refractivity contribution >= 4 is 34.3 Å². The van der Waals surface area contributed by atoms with Gasteiger partial charge in [0, 0.05) is 16.8 Å². The summed E-state index contributed by atoms with van der Waals surface area (Å²) in [5.41, 5.74) is 3.58. The van der Waals surface area contributed by atoms with Crippen LogP contribution in [0.2, 0.25) is 0 Å². The van der Waals surface area contributed by atoms with Gasteiger partial charge in [0.1, 0.15) is 5.69 Å². The lowest BCUT2D eigenvalue weighted by atomic mass is 10.1. The molecular weight excluding hydrogens is 392 g/mol. The molecule has 3 amide bonds. The Labute approximate surface area is 179 Å². The van der Waals surface area contributed by atoms with Crippen LogP contribution in [0.15, 0.2) is 83.4 Å². The second-order valence-corrected chi connectivity index (χ2v) is 7.16. The molecule has 156 valence electrons. The third-order valence-corrected chi connectivity index (χ3v) is 4.86. The quantitative estimate of drug-likeness (QED) is 0.418. The Kier molecular flexibility index (Phi) is 5.93. The number of amides is 3. The largest absolute Gasteiger partial charge is 0.356 e. The maximum absolute atomic E-state index is 12.5. The van der Waals surface area contributed by atoms with Crippen molar-refractivity contribution in [3.05, 3.63) is 90.1 Å². The topological polar surface area (TPSA) is 96.3 Å². The van der Waals surface area contributed by atoms with Crippen LogP contribution in [0.25, 0.3) is 11.0 Å². The van der Waals surface area contributed by atoms with Crippen LogP contribution >= 0.6 is 0 Å². The van der Waals surface area contributed by atoms with E-state index in [4.69, 9.17) is 4.52 Å². The molecule has 1 aromatic heterocycles. The first-order valence-corrected chi connectivity index (χ1v) is 9.94. The number of benzene rings is 3. The van der Waals surface area contributed by atoms with Crippen molar-refractivity contribution in [2.45, 2.75) is 19.4 Å². The average Bonchev–Trinajstić information content (AvgIpc) is 3.17. The van der Waals surface area contributed by atoms with E-state index < -0.39 is 0 Å². The standard InChI is InChI=1S/C24H22N4O3/c1-16(25-23(29)15-21-20-9-5-6-10-22(20)31-28-21)17-11-13-19(14-12-17)27-24(30)26-18-7-3-2-4-8-18/h2-14,16H,15H2,1H3,(H,25,29)(H2,26,27,30)/t16-/m0/s1. The fourth-order valence-electron chi connectivity index (χ4n) is 3.26. The van der Waals surface area contributed by atoms with Crippen molar-refractivity contribution in [3.8, 4) is 0 Å². The normalized spacial score (nSPS) is 11.6. The van der Waals surface area contributed by atoms with Gasteiger partial charge < -0.3 is 20.5 Å². The van der Waals surface area contributed by atoms with E-state index in [-0.39, 0.29) is 24.4 Å². The average molecular weight is 414 g/mol. The van der Waals surface area contributed by atoms with Gasteiger partial charge in [0.2, 0.25) is 5.91 Å². The number of hydrogen-bond donors (Lipinski definition) is 3. The maximum Gasteiger partial charge on any atom is 0.323 e. The lowest BCUT2D eigenvalue weighted by Crippen LogP contribution is -2.28. The highest BCUT2D eigenvalue weighted by Gasteiger charge is 2.15. The number of carbonyl (C=O) groups excluding carboxylic acids is 2. The van der Waals surface area contributed by atoms with Gasteiger partial charge in [-0.3, -0.25) is 4.79 Å². The molecule has 0 aliphatic carbocycles. The molecule has 0 aliphatic heterocycles. The highest BCUT2D eigenvalue weighted by molar-refractivity contribution is 5.99. The van der Waals surface area contributed by atoms with Crippen LogP contribution < -0.4 is 16.0 Å². The monoisotopic (exact) mass is 414 g/mol. The van der Waals surface area contributed by atoms with Crippen molar-refractivity contribution < 1.29 is 14.1 Å². The minimum Gasteiger partial charge on any atom is -0.356 e. The summed E-state index contributed by atoms with van der Waals surface area (Å²) in [5.74, 6) is -0.143. The summed E-state index contributed by atoms with van der Waals surface area (Å²) in [6.45, 7) is 1.91.